The van der Waals surface area contributed by atoms with Gasteiger partial charge < -0.3 is 10.2 Å². The molecule has 1 saturated heterocycles. The molecule has 3 rings (SSSR count). The number of carbonyl (C=O) groups excluding carboxylic acids is 2. The predicted molar refractivity (Wildman–Crippen MR) is 105 cm³/mol. The van der Waals surface area contributed by atoms with Gasteiger partial charge in [0, 0.05) is 38.4 Å². The summed E-state index contributed by atoms with van der Waals surface area (Å²) < 4.78 is 22.5. The highest BCUT2D eigenvalue weighted by Gasteiger charge is 2.26. The van der Waals surface area contributed by atoms with Gasteiger partial charge in [-0.05, 0) is 29.8 Å². The lowest BCUT2D eigenvalue weighted by molar-refractivity contribution is -0.144. The van der Waals surface area contributed by atoms with Crippen molar-refractivity contribution < 1.29 is 18.0 Å². The molecule has 9 heteroatoms. The first kappa shape index (κ1) is 20.0. The molecule has 1 aliphatic rings. The fraction of sp³-hybridized carbons (Fsp3) is 0.263. The molecule has 2 aromatic carbocycles. The number of nitrogens with one attached hydrogen (secondary N) is 1. The average molecular weight is 402 g/mol. The van der Waals surface area contributed by atoms with E-state index in [0.29, 0.717) is 31.9 Å². The Balaban J connectivity index is 1.51. The smallest absolute Gasteiger partial charge is 0.313 e. The summed E-state index contributed by atoms with van der Waals surface area (Å²) in [6.45, 7) is 3.15. The highest BCUT2D eigenvalue weighted by atomic mass is 32.2. The Bertz CT molecular complexity index is 938. The molecule has 3 N–H and O–H groups in total. The number of benzene rings is 2. The summed E-state index contributed by atoms with van der Waals surface area (Å²) in [4.78, 5) is 28.3. The van der Waals surface area contributed by atoms with Crippen molar-refractivity contribution in [2.45, 2.75) is 11.4 Å². The minimum absolute atomic E-state index is 0.0636. The van der Waals surface area contributed by atoms with E-state index in [4.69, 9.17) is 5.14 Å². The molecule has 1 heterocycles. The highest BCUT2D eigenvalue weighted by molar-refractivity contribution is 7.89. The van der Waals surface area contributed by atoms with Crippen LogP contribution >= 0.6 is 0 Å². The third-order valence-electron chi connectivity index (χ3n) is 4.54. The van der Waals surface area contributed by atoms with Crippen molar-refractivity contribution >= 4 is 27.5 Å². The van der Waals surface area contributed by atoms with Crippen LogP contribution in [0.1, 0.15) is 5.56 Å². The fourth-order valence-electron chi connectivity index (χ4n) is 3.01. The number of nitrogens with two attached hydrogens (primary N) is 1. The molecule has 0 aromatic heterocycles. The van der Waals surface area contributed by atoms with E-state index in [1.807, 2.05) is 18.2 Å². The van der Waals surface area contributed by atoms with E-state index in [1.165, 1.54) is 34.7 Å². The number of amides is 2. The summed E-state index contributed by atoms with van der Waals surface area (Å²) in [5.41, 5.74) is 1.54. The molecule has 148 valence electrons. The molecular formula is C19H22N4O4S. The van der Waals surface area contributed by atoms with Crippen molar-refractivity contribution in [3.05, 3.63) is 60.2 Å². The van der Waals surface area contributed by atoms with Gasteiger partial charge in [0.1, 0.15) is 0 Å². The van der Waals surface area contributed by atoms with Crippen LogP contribution in [0.5, 0.6) is 0 Å². The normalized spacial score (nSPS) is 15.2. The summed E-state index contributed by atoms with van der Waals surface area (Å²) in [6.07, 6.45) is 0. The molecule has 0 bridgehead atoms. The minimum Gasteiger partial charge on any atom is -0.332 e. The van der Waals surface area contributed by atoms with Crippen LogP contribution in [0.3, 0.4) is 0 Å². The lowest BCUT2D eigenvalue weighted by Crippen LogP contribution is -2.51. The van der Waals surface area contributed by atoms with Crippen molar-refractivity contribution in [1.82, 2.24) is 9.80 Å². The Morgan fingerprint density at radius 2 is 1.54 bits per heavy atom. The second kappa shape index (κ2) is 8.51. The van der Waals surface area contributed by atoms with Gasteiger partial charge in [0.25, 0.3) is 0 Å². The molecule has 0 atom stereocenters. The van der Waals surface area contributed by atoms with E-state index in [2.05, 4.69) is 22.3 Å². The molecule has 0 saturated carbocycles. The first-order chi connectivity index (χ1) is 13.3. The Morgan fingerprint density at radius 3 is 2.11 bits per heavy atom. The van der Waals surface area contributed by atoms with Crippen LogP contribution in [0.25, 0.3) is 0 Å². The standard InChI is InChI=1S/C19H22N4O4S/c20-28(26,27)17-8-6-16(7-9-17)21-18(24)19(25)23-12-10-22(11-13-23)14-15-4-2-1-3-5-15/h1-9H,10-14H2,(H,21,24)(H2,20,26,27). The number of rotatable bonds is 4. The lowest BCUT2D eigenvalue weighted by atomic mass is 10.2. The van der Waals surface area contributed by atoms with Gasteiger partial charge in [-0.2, -0.15) is 0 Å². The topological polar surface area (TPSA) is 113 Å². The summed E-state index contributed by atoms with van der Waals surface area (Å²) >= 11 is 0. The number of hydrogen-bond donors (Lipinski definition) is 2. The van der Waals surface area contributed by atoms with Crippen molar-refractivity contribution in [3.8, 4) is 0 Å². The molecule has 0 radical (unpaired) electrons. The van der Waals surface area contributed by atoms with Crippen LogP contribution in [0.4, 0.5) is 5.69 Å². The number of carbonyl (C=O) groups is 2. The van der Waals surface area contributed by atoms with E-state index in [-0.39, 0.29) is 4.90 Å². The predicted octanol–water partition coefficient (Wildman–Crippen LogP) is 0.617. The van der Waals surface area contributed by atoms with Gasteiger partial charge in [0.05, 0.1) is 4.90 Å². The Morgan fingerprint density at radius 1 is 0.929 bits per heavy atom. The second-order valence-electron chi connectivity index (χ2n) is 6.58. The van der Waals surface area contributed by atoms with Crippen molar-refractivity contribution in [2.75, 3.05) is 31.5 Å². The molecule has 2 aromatic rings. The molecule has 1 fully saturated rings. The quantitative estimate of drug-likeness (QED) is 0.728. The van der Waals surface area contributed by atoms with E-state index >= 15 is 0 Å². The van der Waals surface area contributed by atoms with Gasteiger partial charge >= 0.3 is 11.8 Å². The molecule has 2 amide bonds. The molecule has 0 spiro atoms. The zero-order chi connectivity index (χ0) is 20.1. The van der Waals surface area contributed by atoms with Gasteiger partial charge in [-0.1, -0.05) is 30.3 Å². The van der Waals surface area contributed by atoms with Crippen LogP contribution < -0.4 is 10.5 Å². The summed E-state index contributed by atoms with van der Waals surface area (Å²) in [7, 11) is -3.80. The Hall–Kier alpha value is -2.75. The zero-order valence-electron chi connectivity index (χ0n) is 15.2. The maximum atomic E-state index is 12.4. The fourth-order valence-corrected chi connectivity index (χ4v) is 3.52. The number of anilines is 1. The van der Waals surface area contributed by atoms with Gasteiger partial charge in [-0.3, -0.25) is 14.5 Å². The SMILES string of the molecule is NS(=O)(=O)c1ccc(NC(=O)C(=O)N2CCN(Cc3ccccc3)CC2)cc1. The first-order valence-electron chi connectivity index (χ1n) is 8.82. The van der Waals surface area contributed by atoms with Gasteiger partial charge in [-0.15, -0.1) is 0 Å². The number of sulfonamides is 1. The third kappa shape index (κ3) is 5.16. The number of primary sulfonamides is 1. The van der Waals surface area contributed by atoms with E-state index in [9.17, 15) is 18.0 Å². The highest BCUT2D eigenvalue weighted by Crippen LogP contribution is 2.13. The van der Waals surface area contributed by atoms with E-state index in [0.717, 1.165) is 6.54 Å². The van der Waals surface area contributed by atoms with Gasteiger partial charge in [0.2, 0.25) is 10.0 Å². The van der Waals surface area contributed by atoms with Crippen LogP contribution in [0, 0.1) is 0 Å². The number of nitrogens with zero attached hydrogens (tertiary/aromatic N) is 2. The average Bonchev–Trinajstić information content (AvgIpc) is 2.68. The third-order valence-corrected chi connectivity index (χ3v) is 5.47. The first-order valence-corrected chi connectivity index (χ1v) is 10.4. The molecule has 0 unspecified atom stereocenters. The summed E-state index contributed by atoms with van der Waals surface area (Å²) in [6, 6.07) is 15.4. The number of hydrogen-bond acceptors (Lipinski definition) is 5. The Kier molecular flexibility index (Phi) is 6.08. The van der Waals surface area contributed by atoms with Crippen LogP contribution in [-0.4, -0.2) is 56.2 Å². The van der Waals surface area contributed by atoms with Crippen LogP contribution in [-0.2, 0) is 26.2 Å². The second-order valence-corrected chi connectivity index (χ2v) is 8.14. The van der Waals surface area contributed by atoms with Gasteiger partial charge in [-0.25, -0.2) is 13.6 Å². The lowest BCUT2D eigenvalue weighted by Gasteiger charge is -2.34. The minimum atomic E-state index is -3.80. The monoisotopic (exact) mass is 402 g/mol. The molecule has 28 heavy (non-hydrogen) atoms. The number of piperazine rings is 1. The summed E-state index contributed by atoms with van der Waals surface area (Å²) in [5, 5.41) is 7.52. The van der Waals surface area contributed by atoms with E-state index < -0.39 is 21.8 Å². The summed E-state index contributed by atoms with van der Waals surface area (Å²) in [5.74, 6) is -1.35. The molecule has 1 aliphatic heterocycles. The van der Waals surface area contributed by atoms with Crippen molar-refractivity contribution in [1.29, 1.82) is 0 Å². The largest absolute Gasteiger partial charge is 0.332 e. The Labute approximate surface area is 164 Å². The molecular weight excluding hydrogens is 380 g/mol. The molecule has 8 nitrogen and oxygen atoms in total. The van der Waals surface area contributed by atoms with Gasteiger partial charge in [0.15, 0.2) is 0 Å². The van der Waals surface area contributed by atoms with Crippen molar-refractivity contribution in [3.63, 3.8) is 0 Å². The zero-order valence-corrected chi connectivity index (χ0v) is 16.1. The van der Waals surface area contributed by atoms with Crippen LogP contribution in [0.15, 0.2) is 59.5 Å². The van der Waals surface area contributed by atoms with E-state index in [1.54, 1.807) is 0 Å². The van der Waals surface area contributed by atoms with Crippen molar-refractivity contribution in [2.24, 2.45) is 5.14 Å². The van der Waals surface area contributed by atoms with Crippen LogP contribution in [0.2, 0.25) is 0 Å². The maximum absolute atomic E-state index is 12.4. The maximum Gasteiger partial charge on any atom is 0.313 e. The molecule has 0 aliphatic carbocycles.